The molecule has 1 aromatic rings. The smallest absolute Gasteiger partial charge is 0.321 e. The summed E-state index contributed by atoms with van der Waals surface area (Å²) in [5, 5.41) is 0. The van der Waals surface area contributed by atoms with Crippen molar-refractivity contribution in [3.05, 3.63) is 59.6 Å². The van der Waals surface area contributed by atoms with Crippen molar-refractivity contribution in [2.45, 2.75) is 17.2 Å². The van der Waals surface area contributed by atoms with E-state index in [1.807, 2.05) is 6.92 Å². The fourth-order valence-corrected chi connectivity index (χ4v) is 3.13. The number of rotatable bonds is 4. The second kappa shape index (κ2) is 6.43. The first-order chi connectivity index (χ1) is 10.1. The second-order valence-electron chi connectivity index (χ2n) is 4.58. The first-order valence-corrected chi connectivity index (χ1v) is 7.49. The molecule has 1 aliphatic carbocycles. The molecule has 21 heavy (non-hydrogen) atoms. The zero-order chi connectivity index (χ0) is 15.5. The lowest BCUT2D eigenvalue weighted by Gasteiger charge is -2.34. The zero-order valence-electron chi connectivity index (χ0n) is 11.8. The maximum atomic E-state index is 14.3. The van der Waals surface area contributed by atoms with E-state index in [1.54, 1.807) is 36.4 Å². The summed E-state index contributed by atoms with van der Waals surface area (Å²) >= 11 is 3.45. The first-order valence-electron chi connectivity index (χ1n) is 6.57. The number of benzene rings is 1. The Morgan fingerprint density at radius 2 is 2.14 bits per heavy atom. The van der Waals surface area contributed by atoms with Crippen molar-refractivity contribution in [1.82, 2.24) is 0 Å². The molecule has 0 N–H and O–H groups in total. The van der Waals surface area contributed by atoms with Crippen molar-refractivity contribution in [3.63, 3.8) is 0 Å². The van der Waals surface area contributed by atoms with Crippen molar-refractivity contribution in [1.29, 1.82) is 0 Å². The third-order valence-electron chi connectivity index (χ3n) is 3.39. The molecule has 0 aromatic heterocycles. The van der Waals surface area contributed by atoms with E-state index in [0.29, 0.717) is 12.4 Å². The zero-order valence-corrected chi connectivity index (χ0v) is 13.4. The van der Waals surface area contributed by atoms with Gasteiger partial charge in [-0.05, 0) is 25.1 Å². The van der Waals surface area contributed by atoms with Gasteiger partial charge in [0, 0.05) is 5.56 Å². The Hall–Kier alpha value is -1.62. The Balaban J connectivity index is 2.65. The highest BCUT2D eigenvalue weighted by atomic mass is 79.9. The van der Waals surface area contributed by atoms with Gasteiger partial charge in [0.05, 0.1) is 18.5 Å². The SMILES string of the molecule is CCOC1=CC(C(=O)OC)(c2ccccc2F)C(Br)C=C1. The van der Waals surface area contributed by atoms with Crippen LogP contribution in [0.2, 0.25) is 0 Å². The normalized spacial score (nSPS) is 24.4. The van der Waals surface area contributed by atoms with Crippen molar-refractivity contribution < 1.29 is 18.7 Å². The molecule has 0 radical (unpaired) electrons. The summed E-state index contributed by atoms with van der Waals surface area (Å²) in [6.45, 7) is 2.30. The Labute approximate surface area is 131 Å². The van der Waals surface area contributed by atoms with Crippen molar-refractivity contribution in [2.24, 2.45) is 0 Å². The van der Waals surface area contributed by atoms with Gasteiger partial charge in [-0.2, -0.15) is 0 Å². The van der Waals surface area contributed by atoms with E-state index in [9.17, 15) is 9.18 Å². The Morgan fingerprint density at radius 1 is 1.43 bits per heavy atom. The molecule has 2 rings (SSSR count). The summed E-state index contributed by atoms with van der Waals surface area (Å²) < 4.78 is 24.7. The molecule has 112 valence electrons. The second-order valence-corrected chi connectivity index (χ2v) is 5.57. The molecule has 0 spiro atoms. The van der Waals surface area contributed by atoms with E-state index in [2.05, 4.69) is 15.9 Å². The van der Waals surface area contributed by atoms with Gasteiger partial charge in [-0.1, -0.05) is 40.2 Å². The van der Waals surface area contributed by atoms with Gasteiger partial charge < -0.3 is 9.47 Å². The van der Waals surface area contributed by atoms with Gasteiger partial charge in [0.2, 0.25) is 0 Å². The van der Waals surface area contributed by atoms with Crippen LogP contribution in [-0.4, -0.2) is 24.5 Å². The minimum atomic E-state index is -1.29. The third-order valence-corrected chi connectivity index (χ3v) is 4.42. The summed E-state index contributed by atoms with van der Waals surface area (Å²) in [6, 6.07) is 6.18. The van der Waals surface area contributed by atoms with Crippen LogP contribution in [0.25, 0.3) is 0 Å². The summed E-state index contributed by atoms with van der Waals surface area (Å²) in [5.74, 6) is -0.493. The van der Waals surface area contributed by atoms with E-state index >= 15 is 0 Å². The number of hydrogen-bond donors (Lipinski definition) is 0. The summed E-state index contributed by atoms with van der Waals surface area (Å²) in [7, 11) is 1.29. The first kappa shape index (κ1) is 15.8. The highest BCUT2D eigenvalue weighted by Crippen LogP contribution is 2.41. The van der Waals surface area contributed by atoms with Gasteiger partial charge in [-0.25, -0.2) is 4.39 Å². The molecule has 5 heteroatoms. The minimum Gasteiger partial charge on any atom is -0.494 e. The van der Waals surface area contributed by atoms with Crippen molar-refractivity contribution in [3.8, 4) is 0 Å². The number of hydrogen-bond acceptors (Lipinski definition) is 3. The van der Waals surface area contributed by atoms with Gasteiger partial charge in [0.15, 0.2) is 0 Å². The standard InChI is InChI=1S/C16H16BrFO3/c1-3-21-11-8-9-14(17)16(10-11,15(19)20-2)12-6-4-5-7-13(12)18/h4-10,14H,3H2,1-2H3. The largest absolute Gasteiger partial charge is 0.494 e. The van der Waals surface area contributed by atoms with Crippen LogP contribution < -0.4 is 0 Å². The third kappa shape index (κ3) is 2.75. The van der Waals surface area contributed by atoms with Crippen LogP contribution in [0.1, 0.15) is 12.5 Å². The van der Waals surface area contributed by atoms with Crippen LogP contribution in [0, 0.1) is 5.82 Å². The van der Waals surface area contributed by atoms with E-state index in [-0.39, 0.29) is 5.56 Å². The molecule has 0 bridgehead atoms. The predicted octanol–water partition coefficient (Wildman–Crippen LogP) is 3.49. The van der Waals surface area contributed by atoms with E-state index < -0.39 is 22.0 Å². The number of ether oxygens (including phenoxy) is 2. The molecule has 1 aliphatic rings. The molecule has 1 aromatic carbocycles. The van der Waals surface area contributed by atoms with Crippen LogP contribution in [0.5, 0.6) is 0 Å². The van der Waals surface area contributed by atoms with E-state index in [0.717, 1.165) is 0 Å². The molecular weight excluding hydrogens is 339 g/mol. The van der Waals surface area contributed by atoms with Crippen LogP contribution in [0.4, 0.5) is 4.39 Å². The fourth-order valence-electron chi connectivity index (χ4n) is 2.41. The maximum Gasteiger partial charge on any atom is 0.321 e. The van der Waals surface area contributed by atoms with Gasteiger partial charge in [0.25, 0.3) is 0 Å². The number of esters is 1. The van der Waals surface area contributed by atoms with Gasteiger partial charge in [-0.15, -0.1) is 0 Å². The highest BCUT2D eigenvalue weighted by molar-refractivity contribution is 9.09. The van der Waals surface area contributed by atoms with E-state index in [4.69, 9.17) is 9.47 Å². The van der Waals surface area contributed by atoms with Gasteiger partial charge in [0.1, 0.15) is 17.0 Å². The van der Waals surface area contributed by atoms with Crippen molar-refractivity contribution in [2.75, 3.05) is 13.7 Å². The molecule has 0 saturated heterocycles. The molecule has 0 saturated carbocycles. The van der Waals surface area contributed by atoms with Crippen LogP contribution in [0.3, 0.4) is 0 Å². The lowest BCUT2D eigenvalue weighted by atomic mass is 9.74. The number of methoxy groups -OCH3 is 1. The average molecular weight is 355 g/mol. The lowest BCUT2D eigenvalue weighted by molar-refractivity contribution is -0.145. The number of carbonyl (C=O) groups excluding carboxylic acids is 1. The van der Waals surface area contributed by atoms with Gasteiger partial charge in [-0.3, -0.25) is 4.79 Å². The topological polar surface area (TPSA) is 35.5 Å². The Kier molecular flexibility index (Phi) is 4.83. The molecule has 0 amide bonds. The van der Waals surface area contributed by atoms with Crippen LogP contribution in [0.15, 0.2) is 48.3 Å². The highest BCUT2D eigenvalue weighted by Gasteiger charge is 2.48. The number of allylic oxidation sites excluding steroid dienone is 2. The quantitative estimate of drug-likeness (QED) is 0.613. The van der Waals surface area contributed by atoms with Gasteiger partial charge >= 0.3 is 5.97 Å². The lowest BCUT2D eigenvalue weighted by Crippen LogP contribution is -2.44. The molecule has 2 atom stereocenters. The van der Waals surface area contributed by atoms with Crippen molar-refractivity contribution >= 4 is 21.9 Å². The maximum absolute atomic E-state index is 14.3. The predicted molar refractivity (Wildman–Crippen MR) is 81.7 cm³/mol. The molecule has 0 heterocycles. The number of carbonyl (C=O) groups is 1. The van der Waals surface area contributed by atoms with Crippen LogP contribution >= 0.6 is 15.9 Å². The number of halogens is 2. The fraction of sp³-hybridized carbons (Fsp3) is 0.312. The average Bonchev–Trinajstić information content (AvgIpc) is 2.49. The molecule has 0 fully saturated rings. The molecule has 3 nitrogen and oxygen atoms in total. The Morgan fingerprint density at radius 3 is 2.76 bits per heavy atom. The van der Waals surface area contributed by atoms with E-state index in [1.165, 1.54) is 13.2 Å². The molecular formula is C16H16BrFO3. The molecule has 2 unspecified atom stereocenters. The molecule has 0 aliphatic heterocycles. The van der Waals surface area contributed by atoms with Crippen LogP contribution in [-0.2, 0) is 19.7 Å². The number of alkyl halides is 1. The summed E-state index contributed by atoms with van der Waals surface area (Å²) in [6.07, 6.45) is 5.12. The monoisotopic (exact) mass is 354 g/mol. The minimum absolute atomic E-state index is 0.250. The Bertz CT molecular complexity index is 597. The summed E-state index contributed by atoms with van der Waals surface area (Å²) in [5.41, 5.74) is -1.04. The summed E-state index contributed by atoms with van der Waals surface area (Å²) in [4.78, 5) is 12.0.